The molecule has 3 aromatic rings. The molecule has 1 aromatic heterocycles. The second kappa shape index (κ2) is 9.11. The van der Waals surface area contributed by atoms with Crippen LogP contribution in [0.15, 0.2) is 84.4 Å². The summed E-state index contributed by atoms with van der Waals surface area (Å²) in [5.74, 6) is -0.0840. The highest BCUT2D eigenvalue weighted by Crippen LogP contribution is 2.29. The lowest BCUT2D eigenvalue weighted by Gasteiger charge is -2.24. The van der Waals surface area contributed by atoms with Crippen LogP contribution >= 0.6 is 11.6 Å². The van der Waals surface area contributed by atoms with Crippen LogP contribution in [0.25, 0.3) is 0 Å². The first-order valence-corrected chi connectivity index (χ1v) is 10.9. The van der Waals surface area contributed by atoms with E-state index >= 15 is 0 Å². The van der Waals surface area contributed by atoms with Crippen molar-refractivity contribution in [2.45, 2.75) is 11.8 Å². The highest BCUT2D eigenvalue weighted by atomic mass is 35.5. The van der Waals surface area contributed by atoms with E-state index in [-0.39, 0.29) is 22.0 Å². The number of aryl methyl sites for hydroxylation is 1. The Labute approximate surface area is 180 Å². The lowest BCUT2D eigenvalue weighted by atomic mass is 10.2. The molecular weight excluding hydrogens is 422 g/mol. The Bertz CT molecular complexity index is 1180. The molecule has 0 spiro atoms. The van der Waals surface area contributed by atoms with Crippen LogP contribution < -0.4 is 9.62 Å². The Morgan fingerprint density at radius 2 is 1.90 bits per heavy atom. The van der Waals surface area contributed by atoms with Crippen molar-refractivity contribution < 1.29 is 13.2 Å². The average molecular weight is 442 g/mol. The monoisotopic (exact) mass is 441 g/mol. The summed E-state index contributed by atoms with van der Waals surface area (Å²) in [7, 11) is -4.05. The van der Waals surface area contributed by atoms with Crippen LogP contribution in [0.3, 0.4) is 0 Å². The van der Waals surface area contributed by atoms with E-state index in [2.05, 4.69) is 16.9 Å². The summed E-state index contributed by atoms with van der Waals surface area (Å²) in [5.41, 5.74) is 1.40. The van der Waals surface area contributed by atoms with Gasteiger partial charge in [0.25, 0.3) is 15.9 Å². The van der Waals surface area contributed by atoms with Crippen LogP contribution in [-0.2, 0) is 10.0 Å². The van der Waals surface area contributed by atoms with Gasteiger partial charge in [-0.05, 0) is 48.9 Å². The molecule has 1 N–H and O–H groups in total. The van der Waals surface area contributed by atoms with Crippen LogP contribution in [0.5, 0.6) is 0 Å². The predicted molar refractivity (Wildman–Crippen MR) is 120 cm³/mol. The molecule has 0 unspecified atom stereocenters. The van der Waals surface area contributed by atoms with Gasteiger partial charge < -0.3 is 5.32 Å². The minimum Gasteiger partial charge on any atom is -0.306 e. The van der Waals surface area contributed by atoms with Crippen molar-refractivity contribution in [1.29, 1.82) is 0 Å². The first kappa shape index (κ1) is 21.5. The number of sulfonamides is 1. The smallest absolute Gasteiger partial charge is 0.266 e. The number of aromatic nitrogens is 1. The van der Waals surface area contributed by atoms with Crippen molar-refractivity contribution >= 4 is 39.0 Å². The van der Waals surface area contributed by atoms with Crippen LogP contribution in [0.4, 0.5) is 11.5 Å². The molecule has 1 heterocycles. The van der Waals surface area contributed by atoms with Crippen LogP contribution in [0.2, 0.25) is 5.02 Å². The number of hydrogen-bond acceptors (Lipinski definition) is 4. The van der Waals surface area contributed by atoms with E-state index in [1.807, 2.05) is 13.0 Å². The zero-order valence-corrected chi connectivity index (χ0v) is 17.8. The van der Waals surface area contributed by atoms with E-state index in [1.165, 1.54) is 28.6 Å². The molecular formula is C22H20ClN3O3S. The van der Waals surface area contributed by atoms with Gasteiger partial charge in [0, 0.05) is 11.8 Å². The van der Waals surface area contributed by atoms with Gasteiger partial charge in [-0.2, -0.15) is 0 Å². The van der Waals surface area contributed by atoms with E-state index in [0.717, 1.165) is 5.56 Å². The van der Waals surface area contributed by atoms with Gasteiger partial charge in [-0.15, -0.1) is 6.58 Å². The first-order chi connectivity index (χ1) is 14.3. The van der Waals surface area contributed by atoms with Crippen molar-refractivity contribution in [2.75, 3.05) is 16.2 Å². The van der Waals surface area contributed by atoms with E-state index in [1.54, 1.807) is 42.6 Å². The third-order valence-corrected chi connectivity index (χ3v) is 6.62. The minimum atomic E-state index is -4.05. The normalized spacial score (nSPS) is 11.0. The molecule has 0 atom stereocenters. The first-order valence-electron chi connectivity index (χ1n) is 9.06. The highest BCUT2D eigenvalue weighted by Gasteiger charge is 2.27. The zero-order chi connectivity index (χ0) is 21.7. The minimum absolute atomic E-state index is 0.0190. The summed E-state index contributed by atoms with van der Waals surface area (Å²) < 4.78 is 27.9. The maximum atomic E-state index is 13.4. The fourth-order valence-electron chi connectivity index (χ4n) is 2.81. The number of hydrogen-bond donors (Lipinski definition) is 1. The van der Waals surface area contributed by atoms with Crippen molar-refractivity contribution in [3.8, 4) is 0 Å². The Morgan fingerprint density at radius 3 is 2.57 bits per heavy atom. The van der Waals surface area contributed by atoms with Crippen molar-refractivity contribution in [3.63, 3.8) is 0 Å². The molecule has 0 aliphatic carbocycles. The molecule has 1 amide bonds. The lowest BCUT2D eigenvalue weighted by molar-refractivity contribution is 0.102. The van der Waals surface area contributed by atoms with Crippen molar-refractivity contribution in [2.24, 2.45) is 0 Å². The van der Waals surface area contributed by atoms with E-state index in [0.29, 0.717) is 11.5 Å². The summed E-state index contributed by atoms with van der Waals surface area (Å²) in [6.07, 6.45) is 3.05. The molecule has 0 saturated heterocycles. The molecule has 0 radical (unpaired) electrons. The molecule has 154 valence electrons. The second-order valence-electron chi connectivity index (χ2n) is 6.43. The Kier molecular flexibility index (Phi) is 6.54. The lowest BCUT2D eigenvalue weighted by Crippen LogP contribution is -2.31. The largest absolute Gasteiger partial charge is 0.306 e. The zero-order valence-electron chi connectivity index (χ0n) is 16.2. The van der Waals surface area contributed by atoms with Crippen LogP contribution in [0, 0.1) is 6.92 Å². The van der Waals surface area contributed by atoms with Crippen LogP contribution in [0.1, 0.15) is 15.9 Å². The topological polar surface area (TPSA) is 79.4 Å². The molecule has 0 saturated carbocycles. The third kappa shape index (κ3) is 4.53. The molecule has 6 nitrogen and oxygen atoms in total. The standard InChI is InChI=1S/C22H20ClN3O3S/c1-3-14-26(18-9-5-4-6-10-18)30(28,29)20-15-17(11-12-19(20)23)22(27)25-21-16(2)8-7-13-24-21/h3-13,15H,1,14H2,2H3,(H,24,25,27). The Balaban J connectivity index is 2.00. The van der Waals surface area contributed by atoms with Gasteiger partial charge in [0.2, 0.25) is 0 Å². The van der Waals surface area contributed by atoms with Gasteiger partial charge >= 0.3 is 0 Å². The van der Waals surface area contributed by atoms with E-state index in [4.69, 9.17) is 11.6 Å². The van der Waals surface area contributed by atoms with Crippen LogP contribution in [-0.4, -0.2) is 25.9 Å². The number of pyridine rings is 1. The van der Waals surface area contributed by atoms with Gasteiger partial charge in [-0.3, -0.25) is 9.10 Å². The average Bonchev–Trinajstić information content (AvgIpc) is 2.74. The molecule has 0 aliphatic rings. The highest BCUT2D eigenvalue weighted by molar-refractivity contribution is 7.93. The predicted octanol–water partition coefficient (Wildman–Crippen LogP) is 4.68. The van der Waals surface area contributed by atoms with Crippen molar-refractivity contribution in [3.05, 3.63) is 95.7 Å². The number of rotatable bonds is 7. The number of nitrogens with one attached hydrogen (secondary N) is 1. The summed E-state index contributed by atoms with van der Waals surface area (Å²) >= 11 is 6.23. The fourth-order valence-corrected chi connectivity index (χ4v) is 4.75. The Morgan fingerprint density at radius 1 is 1.17 bits per heavy atom. The summed E-state index contributed by atoms with van der Waals surface area (Å²) in [5, 5.41) is 2.71. The van der Waals surface area contributed by atoms with Gasteiger partial charge in [-0.1, -0.05) is 41.9 Å². The number of carbonyl (C=O) groups excluding carboxylic acids is 1. The maximum absolute atomic E-state index is 13.4. The number of amides is 1. The number of benzene rings is 2. The van der Waals surface area contributed by atoms with Gasteiger partial charge in [0.1, 0.15) is 10.7 Å². The van der Waals surface area contributed by atoms with Crippen molar-refractivity contribution in [1.82, 2.24) is 4.98 Å². The second-order valence-corrected chi connectivity index (χ2v) is 8.67. The summed E-state index contributed by atoms with van der Waals surface area (Å²) in [6, 6.07) is 16.3. The number of para-hydroxylation sites is 1. The molecule has 0 aliphatic heterocycles. The van der Waals surface area contributed by atoms with Gasteiger partial charge in [0.05, 0.1) is 17.3 Å². The quantitative estimate of drug-likeness (QED) is 0.540. The SMILES string of the molecule is C=CCN(c1ccccc1)S(=O)(=O)c1cc(C(=O)Nc2ncccc2C)ccc1Cl. The molecule has 30 heavy (non-hydrogen) atoms. The van der Waals surface area contributed by atoms with E-state index < -0.39 is 15.9 Å². The summed E-state index contributed by atoms with van der Waals surface area (Å²) in [4.78, 5) is 16.7. The number of halogens is 1. The number of carbonyl (C=O) groups is 1. The maximum Gasteiger partial charge on any atom is 0.266 e. The van der Waals surface area contributed by atoms with E-state index in [9.17, 15) is 13.2 Å². The fraction of sp³-hybridized carbons (Fsp3) is 0.0909. The molecule has 3 rings (SSSR count). The Hall–Kier alpha value is -3.16. The third-order valence-electron chi connectivity index (χ3n) is 4.34. The molecule has 0 fully saturated rings. The molecule has 0 bridgehead atoms. The van der Waals surface area contributed by atoms with Gasteiger partial charge in [-0.25, -0.2) is 13.4 Å². The molecule has 8 heteroatoms. The molecule has 2 aromatic carbocycles. The van der Waals surface area contributed by atoms with Gasteiger partial charge in [0.15, 0.2) is 0 Å². The summed E-state index contributed by atoms with van der Waals surface area (Å²) in [6.45, 7) is 5.51. The number of anilines is 2. The number of nitrogens with zero attached hydrogens (tertiary/aromatic N) is 2.